The number of likely N-dealkylation sites (tertiary alicyclic amines) is 1. The molecule has 1 saturated heterocycles. The monoisotopic (exact) mass is 340 g/mol. The number of benzene rings is 1. The van der Waals surface area contributed by atoms with Crippen LogP contribution in [0.15, 0.2) is 28.7 Å². The van der Waals surface area contributed by atoms with Crippen LogP contribution in [-0.2, 0) is 4.79 Å². The maximum absolute atomic E-state index is 12.0. The van der Waals surface area contributed by atoms with Gasteiger partial charge in [0.25, 0.3) is 0 Å². The molecule has 1 aliphatic heterocycles. The van der Waals surface area contributed by atoms with E-state index in [9.17, 15) is 9.90 Å². The smallest absolute Gasteiger partial charge is 0.219 e. The van der Waals surface area contributed by atoms with E-state index in [1.807, 2.05) is 30.1 Å². The Morgan fingerprint density at radius 2 is 2.20 bits per heavy atom. The number of amides is 1. The van der Waals surface area contributed by atoms with Crippen molar-refractivity contribution in [3.8, 4) is 0 Å². The first-order chi connectivity index (χ1) is 9.58. The number of carbonyl (C=O) groups is 1. The Morgan fingerprint density at radius 3 is 2.75 bits per heavy atom. The van der Waals surface area contributed by atoms with Crippen LogP contribution in [0.1, 0.15) is 24.9 Å². The van der Waals surface area contributed by atoms with E-state index in [-0.39, 0.29) is 30.5 Å². The molecule has 0 aromatic heterocycles. The first-order valence-corrected chi connectivity index (χ1v) is 7.67. The molecule has 0 radical (unpaired) electrons. The lowest BCUT2D eigenvalue weighted by molar-refractivity contribution is -0.135. The molecular weight excluding hydrogens is 320 g/mol. The molecule has 3 atom stereocenters. The third-order valence-corrected chi connectivity index (χ3v) is 4.85. The Hall–Kier alpha value is -0.910. The summed E-state index contributed by atoms with van der Waals surface area (Å²) in [6, 6.07) is 8.28. The van der Waals surface area contributed by atoms with Gasteiger partial charge < -0.3 is 15.3 Å². The van der Waals surface area contributed by atoms with Crippen molar-refractivity contribution in [3.05, 3.63) is 34.3 Å². The fraction of sp³-hybridized carbons (Fsp3) is 0.533. The lowest BCUT2D eigenvalue weighted by Crippen LogP contribution is -2.52. The molecule has 0 aliphatic carbocycles. The van der Waals surface area contributed by atoms with Crippen molar-refractivity contribution in [1.82, 2.24) is 10.2 Å². The summed E-state index contributed by atoms with van der Waals surface area (Å²) < 4.78 is 1.02. The van der Waals surface area contributed by atoms with Crippen LogP contribution in [0.2, 0.25) is 0 Å². The molecule has 0 unspecified atom stereocenters. The molecule has 2 N–H and O–H groups in total. The normalized spacial score (nSPS) is 26.6. The molecule has 1 aliphatic rings. The molecule has 20 heavy (non-hydrogen) atoms. The minimum Gasteiger partial charge on any atom is -0.396 e. The molecule has 0 bridgehead atoms. The van der Waals surface area contributed by atoms with Gasteiger partial charge in [-0.25, -0.2) is 0 Å². The summed E-state index contributed by atoms with van der Waals surface area (Å²) in [5.41, 5.74) is 1.12. The summed E-state index contributed by atoms with van der Waals surface area (Å²) in [4.78, 5) is 13.8. The number of rotatable bonds is 3. The average Bonchev–Trinajstić information content (AvgIpc) is 2.46. The summed E-state index contributed by atoms with van der Waals surface area (Å²) in [5.74, 6) is 0.140. The van der Waals surface area contributed by atoms with Gasteiger partial charge in [0.05, 0.1) is 6.04 Å². The first-order valence-electron chi connectivity index (χ1n) is 6.88. The van der Waals surface area contributed by atoms with Crippen molar-refractivity contribution in [2.75, 3.05) is 20.2 Å². The number of hydrogen-bond donors (Lipinski definition) is 2. The molecule has 1 amide bonds. The van der Waals surface area contributed by atoms with Crippen LogP contribution in [0.25, 0.3) is 0 Å². The molecule has 1 heterocycles. The largest absolute Gasteiger partial charge is 0.396 e. The molecular formula is C15H21BrN2O2. The van der Waals surface area contributed by atoms with Gasteiger partial charge in [0, 0.05) is 36.5 Å². The van der Waals surface area contributed by atoms with Gasteiger partial charge in [-0.3, -0.25) is 4.79 Å². The second-order valence-electron chi connectivity index (χ2n) is 5.28. The van der Waals surface area contributed by atoms with Gasteiger partial charge in [0.15, 0.2) is 0 Å². The van der Waals surface area contributed by atoms with Crippen molar-refractivity contribution >= 4 is 21.8 Å². The van der Waals surface area contributed by atoms with E-state index in [4.69, 9.17) is 0 Å². The zero-order chi connectivity index (χ0) is 14.7. The van der Waals surface area contributed by atoms with Gasteiger partial charge >= 0.3 is 0 Å². The van der Waals surface area contributed by atoms with Crippen molar-refractivity contribution in [1.29, 1.82) is 0 Å². The van der Waals surface area contributed by atoms with Crippen molar-refractivity contribution in [3.63, 3.8) is 0 Å². The average molecular weight is 341 g/mol. The van der Waals surface area contributed by atoms with Gasteiger partial charge in [-0.15, -0.1) is 0 Å². The number of hydrogen-bond acceptors (Lipinski definition) is 3. The lowest BCUT2D eigenvalue weighted by Gasteiger charge is -2.43. The number of nitrogens with one attached hydrogen (secondary N) is 1. The molecule has 0 saturated carbocycles. The van der Waals surface area contributed by atoms with Crippen molar-refractivity contribution < 1.29 is 9.90 Å². The SMILES string of the molecule is CN[C@H]1C[C@@H](c2ccccc2Br)N(C(C)=O)C[C@H]1CO. The van der Waals surface area contributed by atoms with E-state index < -0.39 is 0 Å². The van der Waals surface area contributed by atoms with Crippen molar-refractivity contribution in [2.24, 2.45) is 5.92 Å². The fourth-order valence-corrected chi connectivity index (χ4v) is 3.54. The predicted molar refractivity (Wildman–Crippen MR) is 82.3 cm³/mol. The van der Waals surface area contributed by atoms with Crippen LogP contribution in [0.5, 0.6) is 0 Å². The summed E-state index contributed by atoms with van der Waals surface area (Å²) in [6.07, 6.45) is 0.809. The molecule has 1 aromatic carbocycles. The summed E-state index contributed by atoms with van der Waals surface area (Å²) in [7, 11) is 1.91. The lowest BCUT2D eigenvalue weighted by atomic mass is 9.85. The van der Waals surface area contributed by atoms with Crippen molar-refractivity contribution in [2.45, 2.75) is 25.4 Å². The minimum atomic E-state index is 0.0447. The van der Waals surface area contributed by atoms with Gasteiger partial charge in [-0.05, 0) is 25.1 Å². The first kappa shape index (κ1) is 15.5. The van der Waals surface area contributed by atoms with E-state index in [2.05, 4.69) is 27.3 Å². The van der Waals surface area contributed by atoms with E-state index in [0.717, 1.165) is 16.5 Å². The highest BCUT2D eigenvalue weighted by Crippen LogP contribution is 2.36. The third kappa shape index (κ3) is 3.05. The van der Waals surface area contributed by atoms with Crippen LogP contribution in [0.3, 0.4) is 0 Å². The Kier molecular flexibility index (Phi) is 5.18. The molecule has 2 rings (SSSR count). The molecule has 110 valence electrons. The van der Waals surface area contributed by atoms with Crippen LogP contribution < -0.4 is 5.32 Å². The third-order valence-electron chi connectivity index (χ3n) is 4.13. The van der Waals surface area contributed by atoms with Gasteiger partial charge in [0.1, 0.15) is 0 Å². The molecule has 5 heteroatoms. The number of nitrogens with zero attached hydrogens (tertiary/aromatic N) is 1. The highest BCUT2D eigenvalue weighted by Gasteiger charge is 2.37. The Morgan fingerprint density at radius 1 is 1.50 bits per heavy atom. The number of carbonyl (C=O) groups excluding carboxylic acids is 1. The molecule has 1 fully saturated rings. The quantitative estimate of drug-likeness (QED) is 0.884. The Labute approximate surface area is 128 Å². The zero-order valence-corrected chi connectivity index (χ0v) is 13.4. The van der Waals surface area contributed by atoms with Crippen LogP contribution in [0, 0.1) is 5.92 Å². The maximum atomic E-state index is 12.0. The summed E-state index contributed by atoms with van der Waals surface area (Å²) >= 11 is 3.57. The summed E-state index contributed by atoms with van der Waals surface area (Å²) in [6.45, 7) is 2.28. The van der Waals surface area contributed by atoms with Gasteiger partial charge in [0.2, 0.25) is 5.91 Å². The van der Waals surface area contributed by atoms with E-state index in [1.54, 1.807) is 6.92 Å². The van der Waals surface area contributed by atoms with E-state index >= 15 is 0 Å². The van der Waals surface area contributed by atoms with E-state index in [1.165, 1.54) is 0 Å². The minimum absolute atomic E-state index is 0.0447. The standard InChI is InChI=1S/C15H21BrN2O2/c1-10(20)18-8-11(9-19)14(17-2)7-15(18)12-5-3-4-6-13(12)16/h3-6,11,14-15,17,19H,7-9H2,1-2H3/t11-,14-,15-/m0/s1. The molecule has 0 spiro atoms. The zero-order valence-electron chi connectivity index (χ0n) is 11.8. The van der Waals surface area contributed by atoms with Crippen LogP contribution >= 0.6 is 15.9 Å². The second kappa shape index (κ2) is 6.70. The van der Waals surface area contributed by atoms with Crippen LogP contribution in [0.4, 0.5) is 0 Å². The highest BCUT2D eigenvalue weighted by molar-refractivity contribution is 9.10. The van der Waals surface area contributed by atoms with E-state index in [0.29, 0.717) is 6.54 Å². The summed E-state index contributed by atoms with van der Waals surface area (Å²) in [5, 5.41) is 12.8. The Balaban J connectivity index is 2.33. The maximum Gasteiger partial charge on any atom is 0.219 e. The Bertz CT molecular complexity index is 481. The predicted octanol–water partition coefficient (Wildman–Crippen LogP) is 1.94. The molecule has 4 nitrogen and oxygen atoms in total. The molecule has 1 aromatic rings. The van der Waals surface area contributed by atoms with Gasteiger partial charge in [-0.1, -0.05) is 34.1 Å². The number of halogens is 1. The van der Waals surface area contributed by atoms with Crippen LogP contribution in [-0.4, -0.2) is 42.2 Å². The van der Waals surface area contributed by atoms with Gasteiger partial charge in [-0.2, -0.15) is 0 Å². The fourth-order valence-electron chi connectivity index (χ4n) is 2.99. The topological polar surface area (TPSA) is 52.6 Å². The number of aliphatic hydroxyl groups excluding tert-OH is 1. The number of aliphatic hydroxyl groups is 1. The number of piperidine rings is 1. The highest BCUT2D eigenvalue weighted by atomic mass is 79.9. The second-order valence-corrected chi connectivity index (χ2v) is 6.14.